The molecular weight excluding hydrogens is 226 g/mol. The summed E-state index contributed by atoms with van der Waals surface area (Å²) < 4.78 is 5.85. The average Bonchev–Trinajstić information content (AvgIpc) is 2.74. The van der Waals surface area contributed by atoms with E-state index in [1.165, 1.54) is 12.8 Å². The quantitative estimate of drug-likeness (QED) is 0.777. The van der Waals surface area contributed by atoms with E-state index in [2.05, 4.69) is 26.1 Å². The Morgan fingerprint density at radius 3 is 2.78 bits per heavy atom. The van der Waals surface area contributed by atoms with Gasteiger partial charge in [-0.3, -0.25) is 4.79 Å². The number of fused-ring (bicyclic) bond motifs is 1. The van der Waals surface area contributed by atoms with E-state index in [4.69, 9.17) is 4.74 Å². The molecule has 0 aromatic carbocycles. The van der Waals surface area contributed by atoms with E-state index in [1.807, 2.05) is 0 Å². The number of nitrogens with one attached hydrogen (secondary N) is 1. The van der Waals surface area contributed by atoms with Gasteiger partial charge in [0, 0.05) is 19.6 Å². The van der Waals surface area contributed by atoms with Crippen molar-refractivity contribution >= 4 is 5.91 Å². The lowest BCUT2D eigenvalue weighted by atomic mass is 9.59. The molecule has 3 heteroatoms. The van der Waals surface area contributed by atoms with E-state index in [-0.39, 0.29) is 11.3 Å². The van der Waals surface area contributed by atoms with Gasteiger partial charge in [0.25, 0.3) is 0 Å². The molecule has 1 spiro atoms. The highest BCUT2D eigenvalue weighted by atomic mass is 16.5. The molecule has 3 fully saturated rings. The first-order valence-electron chi connectivity index (χ1n) is 7.26. The Morgan fingerprint density at radius 2 is 2.11 bits per heavy atom. The Bertz CT molecular complexity index is 379. The van der Waals surface area contributed by atoms with Gasteiger partial charge in [-0.15, -0.1) is 0 Å². The molecule has 1 heterocycles. The second-order valence-corrected chi connectivity index (χ2v) is 7.26. The summed E-state index contributed by atoms with van der Waals surface area (Å²) in [7, 11) is 0. The molecule has 2 aliphatic carbocycles. The molecule has 2 saturated carbocycles. The number of rotatable bonds is 1. The lowest BCUT2D eigenvalue weighted by Gasteiger charge is -2.52. The van der Waals surface area contributed by atoms with Gasteiger partial charge in [-0.2, -0.15) is 0 Å². The molecule has 3 aliphatic rings. The number of carbonyl (C=O) groups is 1. The maximum Gasteiger partial charge on any atom is 0.217 e. The van der Waals surface area contributed by atoms with Crippen molar-refractivity contribution < 1.29 is 9.53 Å². The molecule has 1 N–H and O–H groups in total. The maximum absolute atomic E-state index is 11.6. The van der Waals surface area contributed by atoms with Crippen molar-refractivity contribution in [3.8, 4) is 0 Å². The van der Waals surface area contributed by atoms with E-state index in [0.717, 1.165) is 18.9 Å². The third-order valence-corrected chi connectivity index (χ3v) is 6.14. The number of hydrogen-bond acceptors (Lipinski definition) is 2. The topological polar surface area (TPSA) is 38.3 Å². The van der Waals surface area contributed by atoms with E-state index in [0.29, 0.717) is 23.5 Å². The van der Waals surface area contributed by atoms with Gasteiger partial charge in [0.2, 0.25) is 5.91 Å². The average molecular weight is 251 g/mol. The Kier molecular flexibility index (Phi) is 2.58. The number of hydrogen-bond donors (Lipinski definition) is 1. The van der Waals surface area contributed by atoms with Crippen LogP contribution in [0.25, 0.3) is 0 Å². The monoisotopic (exact) mass is 251 g/mol. The second-order valence-electron chi connectivity index (χ2n) is 7.26. The predicted octanol–water partition coefficient (Wildman–Crippen LogP) is 2.35. The van der Waals surface area contributed by atoms with Gasteiger partial charge < -0.3 is 10.1 Å². The van der Waals surface area contributed by atoms with Crippen LogP contribution in [0.4, 0.5) is 0 Å². The SMILES string of the molecule is CC(=O)N[C@H]1C(C)(C)[C@@H]2C[C@@H]3[C@@H](C)OCC[C@@]31C2. The minimum Gasteiger partial charge on any atom is -0.378 e. The van der Waals surface area contributed by atoms with Gasteiger partial charge in [-0.1, -0.05) is 13.8 Å². The molecule has 102 valence electrons. The third-order valence-electron chi connectivity index (χ3n) is 6.14. The van der Waals surface area contributed by atoms with Gasteiger partial charge in [-0.25, -0.2) is 0 Å². The van der Waals surface area contributed by atoms with Crippen LogP contribution in [0.2, 0.25) is 0 Å². The van der Waals surface area contributed by atoms with E-state index >= 15 is 0 Å². The van der Waals surface area contributed by atoms with Gasteiger partial charge in [0.15, 0.2) is 0 Å². The van der Waals surface area contributed by atoms with Crippen molar-refractivity contribution in [2.45, 2.75) is 59.1 Å². The van der Waals surface area contributed by atoms with Crippen LogP contribution in [0.15, 0.2) is 0 Å². The van der Waals surface area contributed by atoms with Crippen molar-refractivity contribution in [1.82, 2.24) is 5.32 Å². The van der Waals surface area contributed by atoms with E-state index in [9.17, 15) is 4.79 Å². The summed E-state index contributed by atoms with van der Waals surface area (Å²) in [6.07, 6.45) is 4.04. The molecule has 1 saturated heterocycles. The molecule has 1 aliphatic heterocycles. The summed E-state index contributed by atoms with van der Waals surface area (Å²) in [4.78, 5) is 11.6. The smallest absolute Gasteiger partial charge is 0.217 e. The molecule has 3 rings (SSSR count). The van der Waals surface area contributed by atoms with Crippen LogP contribution in [0, 0.1) is 22.7 Å². The molecule has 18 heavy (non-hydrogen) atoms. The van der Waals surface area contributed by atoms with Crippen LogP contribution in [0.1, 0.15) is 47.0 Å². The molecular formula is C15H25NO2. The molecule has 0 radical (unpaired) electrons. The summed E-state index contributed by atoms with van der Waals surface area (Å²) in [5, 5.41) is 3.28. The summed E-state index contributed by atoms with van der Waals surface area (Å²) >= 11 is 0. The predicted molar refractivity (Wildman–Crippen MR) is 70.1 cm³/mol. The zero-order valence-electron chi connectivity index (χ0n) is 12.0. The fraction of sp³-hybridized carbons (Fsp3) is 0.933. The van der Waals surface area contributed by atoms with Crippen LogP contribution in [-0.2, 0) is 9.53 Å². The summed E-state index contributed by atoms with van der Waals surface area (Å²) in [6.45, 7) is 9.39. The van der Waals surface area contributed by atoms with Gasteiger partial charge in [0.1, 0.15) is 0 Å². The first-order valence-corrected chi connectivity index (χ1v) is 7.26. The summed E-state index contributed by atoms with van der Waals surface area (Å²) in [5.74, 6) is 1.50. The molecule has 0 aromatic heterocycles. The van der Waals surface area contributed by atoms with E-state index < -0.39 is 0 Å². The van der Waals surface area contributed by atoms with Crippen molar-refractivity contribution in [2.24, 2.45) is 22.7 Å². The summed E-state index contributed by atoms with van der Waals surface area (Å²) in [6, 6.07) is 0.331. The minimum absolute atomic E-state index is 0.118. The molecule has 3 nitrogen and oxygen atoms in total. The zero-order chi connectivity index (χ0) is 13.1. The van der Waals surface area contributed by atoms with Crippen molar-refractivity contribution in [2.75, 3.05) is 6.61 Å². The molecule has 1 amide bonds. The lowest BCUT2D eigenvalue weighted by Crippen LogP contribution is -2.59. The number of ether oxygens (including phenoxy) is 1. The Morgan fingerprint density at radius 1 is 1.39 bits per heavy atom. The fourth-order valence-electron chi connectivity index (χ4n) is 5.28. The third kappa shape index (κ3) is 1.43. The largest absolute Gasteiger partial charge is 0.378 e. The Labute approximate surface area is 110 Å². The van der Waals surface area contributed by atoms with Crippen molar-refractivity contribution in [3.05, 3.63) is 0 Å². The first-order chi connectivity index (χ1) is 8.38. The van der Waals surface area contributed by atoms with Crippen LogP contribution in [0.5, 0.6) is 0 Å². The van der Waals surface area contributed by atoms with Gasteiger partial charge in [-0.05, 0) is 48.9 Å². The lowest BCUT2D eigenvalue weighted by molar-refractivity contribution is -0.132. The second kappa shape index (κ2) is 3.72. The highest BCUT2D eigenvalue weighted by Gasteiger charge is 2.67. The molecule has 0 aromatic rings. The van der Waals surface area contributed by atoms with Gasteiger partial charge in [0.05, 0.1) is 6.10 Å². The van der Waals surface area contributed by atoms with Crippen molar-refractivity contribution in [3.63, 3.8) is 0 Å². The molecule has 0 unspecified atom stereocenters. The highest BCUT2D eigenvalue weighted by molar-refractivity contribution is 5.73. The van der Waals surface area contributed by atoms with Crippen molar-refractivity contribution in [1.29, 1.82) is 0 Å². The molecule has 5 atom stereocenters. The standard InChI is InChI=1S/C15H25NO2/c1-9-12-7-11-8-15(12,5-6-18-9)13(14(11,3)4)16-10(2)17/h9,11-13H,5-8H2,1-4H3,(H,16,17)/t9-,11-,12-,13+,15-/m1/s1. The minimum atomic E-state index is 0.118. The van der Waals surface area contributed by atoms with E-state index in [1.54, 1.807) is 6.92 Å². The highest BCUT2D eigenvalue weighted by Crippen LogP contribution is 2.68. The number of amides is 1. The molecule has 2 bridgehead atoms. The summed E-state index contributed by atoms with van der Waals surface area (Å²) in [5.41, 5.74) is 0.538. The van der Waals surface area contributed by atoms with Crippen LogP contribution >= 0.6 is 0 Å². The maximum atomic E-state index is 11.6. The van der Waals surface area contributed by atoms with Crippen LogP contribution < -0.4 is 5.32 Å². The van der Waals surface area contributed by atoms with Gasteiger partial charge >= 0.3 is 0 Å². The fourth-order valence-corrected chi connectivity index (χ4v) is 5.28. The van der Waals surface area contributed by atoms with Crippen LogP contribution in [-0.4, -0.2) is 24.7 Å². The normalized spacial score (nSPS) is 48.9. The first kappa shape index (κ1) is 12.5. The Hall–Kier alpha value is -0.570. The Balaban J connectivity index is 1.97. The number of carbonyl (C=O) groups excluding carboxylic acids is 1. The van der Waals surface area contributed by atoms with Crippen LogP contribution in [0.3, 0.4) is 0 Å². The zero-order valence-corrected chi connectivity index (χ0v) is 12.0.